The fourth-order valence-corrected chi connectivity index (χ4v) is 0.737. The van der Waals surface area contributed by atoms with E-state index >= 15 is 0 Å². The van der Waals surface area contributed by atoms with Crippen LogP contribution in [0.4, 0.5) is 0 Å². The second-order valence-corrected chi connectivity index (χ2v) is 25.6. The molecular formula is C9H9I2O2Zn. The number of carbonyl (C=O) groups excluding carboxylic acids is 1. The van der Waals surface area contributed by atoms with Crippen molar-refractivity contribution in [1.29, 1.82) is 0 Å². The summed E-state index contributed by atoms with van der Waals surface area (Å²) in [6.07, 6.45) is 0. The minimum atomic E-state index is -0.276. The molecule has 0 aliphatic carbocycles. The molecule has 0 unspecified atom stereocenters. The normalized spacial score (nSPS) is 7.93. The van der Waals surface area contributed by atoms with Gasteiger partial charge in [-0.2, -0.15) is 0 Å². The van der Waals surface area contributed by atoms with Gasteiger partial charge in [0, 0.05) is 0 Å². The molecule has 0 bridgehead atoms. The van der Waals surface area contributed by atoms with Crippen molar-refractivity contribution in [3.8, 4) is 0 Å². The number of ether oxygens (including phenoxy) is 1. The molecule has 0 aromatic heterocycles. The van der Waals surface area contributed by atoms with E-state index in [1.807, 2.05) is 0 Å². The third kappa shape index (κ3) is 7.12. The van der Waals surface area contributed by atoms with Gasteiger partial charge in [0.1, 0.15) is 0 Å². The van der Waals surface area contributed by atoms with Crippen molar-refractivity contribution < 1.29 is 19.6 Å². The number of esters is 1. The monoisotopic (exact) mass is 467 g/mol. The Bertz CT molecular complexity index is 254. The quantitative estimate of drug-likeness (QED) is 0.378. The second kappa shape index (κ2) is 10.3. The van der Waals surface area contributed by atoms with E-state index in [2.05, 4.69) is 45.6 Å². The molecular weight excluding hydrogens is 459 g/mol. The Labute approximate surface area is 113 Å². The van der Waals surface area contributed by atoms with E-state index in [1.165, 1.54) is 0 Å². The van der Waals surface area contributed by atoms with Crippen LogP contribution in [0.15, 0.2) is 24.3 Å². The minimum absolute atomic E-state index is 0.0650. The summed E-state index contributed by atoms with van der Waals surface area (Å²) in [5.74, 6) is -0.276. The molecule has 1 rings (SSSR count). The predicted octanol–water partition coefficient (Wildman–Crippen LogP) is 3.43. The first kappa shape index (κ1) is 14.8. The Hall–Kier alpha value is 0.773. The Balaban J connectivity index is 0.000000500. The molecule has 2 nitrogen and oxygen atoms in total. The summed E-state index contributed by atoms with van der Waals surface area (Å²) in [6, 6.07) is 9.55. The van der Waals surface area contributed by atoms with Gasteiger partial charge in [0.15, 0.2) is 0 Å². The van der Waals surface area contributed by atoms with Gasteiger partial charge in [0.05, 0.1) is 12.2 Å². The maximum atomic E-state index is 11.0. The van der Waals surface area contributed by atoms with Crippen LogP contribution in [0, 0.1) is 6.07 Å². The van der Waals surface area contributed by atoms with E-state index in [-0.39, 0.29) is 16.1 Å². The fraction of sp³-hybridized carbons (Fsp3) is 0.222. The van der Waals surface area contributed by atoms with Crippen LogP contribution in [-0.2, 0) is 14.8 Å². The van der Waals surface area contributed by atoms with Crippen molar-refractivity contribution >= 4 is 45.5 Å². The Morgan fingerprint density at radius 2 is 2.00 bits per heavy atom. The molecule has 5 heteroatoms. The van der Waals surface area contributed by atoms with Crippen molar-refractivity contribution in [3.63, 3.8) is 0 Å². The Morgan fingerprint density at radius 1 is 1.50 bits per heavy atom. The number of rotatable bonds is 2. The molecule has 0 aliphatic heterocycles. The zero-order chi connectivity index (χ0) is 10.8. The fourth-order valence-electron chi connectivity index (χ4n) is 0.737. The van der Waals surface area contributed by atoms with Gasteiger partial charge in [-0.1, -0.05) is 12.1 Å². The Morgan fingerprint density at radius 3 is 2.43 bits per heavy atom. The molecule has 0 saturated carbocycles. The first-order chi connectivity index (χ1) is 6.76. The summed E-state index contributed by atoms with van der Waals surface area (Å²) >= 11 is 4.93. The molecule has 1 aromatic carbocycles. The van der Waals surface area contributed by atoms with Crippen molar-refractivity contribution in [2.45, 2.75) is 6.92 Å². The van der Waals surface area contributed by atoms with Crippen LogP contribution >= 0.6 is 39.5 Å². The van der Waals surface area contributed by atoms with Gasteiger partial charge >= 0.3 is 55.6 Å². The van der Waals surface area contributed by atoms with Gasteiger partial charge in [-0.25, -0.2) is 4.79 Å². The van der Waals surface area contributed by atoms with Crippen LogP contribution in [0.1, 0.15) is 17.3 Å². The molecule has 0 atom stereocenters. The number of carbonyl (C=O) groups is 1. The van der Waals surface area contributed by atoms with Crippen LogP contribution < -0.4 is 0 Å². The van der Waals surface area contributed by atoms with E-state index in [0.717, 1.165) is 0 Å². The number of hydrogen-bond donors (Lipinski definition) is 0. The summed E-state index contributed by atoms with van der Waals surface area (Å²) in [4.78, 5) is 11.0. The molecule has 0 saturated heterocycles. The molecule has 73 valence electrons. The van der Waals surface area contributed by atoms with E-state index in [1.54, 1.807) is 31.2 Å². The van der Waals surface area contributed by atoms with Gasteiger partial charge in [0.25, 0.3) is 0 Å². The van der Waals surface area contributed by atoms with Crippen LogP contribution in [0.25, 0.3) is 0 Å². The SMILES string of the molecule is CCOC(=O)c1cc[c]cc1.[I][Zn][I]. The molecule has 0 fully saturated rings. The number of halogens is 2. The van der Waals surface area contributed by atoms with Crippen molar-refractivity contribution in [1.82, 2.24) is 0 Å². The molecule has 0 heterocycles. The zero-order valence-electron chi connectivity index (χ0n) is 7.80. The van der Waals surface area contributed by atoms with Crippen molar-refractivity contribution in [3.05, 3.63) is 35.9 Å². The van der Waals surface area contributed by atoms with E-state index < -0.39 is 0 Å². The van der Waals surface area contributed by atoms with E-state index in [0.29, 0.717) is 12.2 Å². The molecule has 0 spiro atoms. The standard InChI is InChI=1S/C9H9O2.2HI.Zn/c1-2-11-9(10)8-6-4-3-5-7-8;;;/h4-7H,2H2,1H3;2*1H;/q;;;+2/p-2. The summed E-state index contributed by atoms with van der Waals surface area (Å²) in [5.41, 5.74) is 0.575. The van der Waals surface area contributed by atoms with Gasteiger partial charge in [-0.15, -0.1) is 0 Å². The Kier molecular flexibility index (Phi) is 10.9. The van der Waals surface area contributed by atoms with Gasteiger partial charge in [-0.05, 0) is 25.1 Å². The molecule has 0 aliphatic rings. The van der Waals surface area contributed by atoms with E-state index in [9.17, 15) is 4.79 Å². The van der Waals surface area contributed by atoms with Crippen LogP contribution in [-0.4, -0.2) is 12.6 Å². The van der Waals surface area contributed by atoms with Gasteiger partial charge < -0.3 is 4.74 Å². The number of benzene rings is 1. The molecule has 0 N–H and O–H groups in total. The molecule has 0 amide bonds. The molecule has 1 aromatic rings. The second-order valence-electron chi connectivity index (χ2n) is 2.11. The number of hydrogen-bond acceptors (Lipinski definition) is 2. The summed E-state index contributed by atoms with van der Waals surface area (Å²) < 4.78 is 4.78. The molecule has 1 radical (unpaired) electrons. The zero-order valence-corrected chi connectivity index (χ0v) is 15.1. The average molecular weight is 468 g/mol. The van der Waals surface area contributed by atoms with Crippen molar-refractivity contribution in [2.24, 2.45) is 0 Å². The summed E-state index contributed by atoms with van der Waals surface area (Å²) in [5, 5.41) is 0. The van der Waals surface area contributed by atoms with Crippen LogP contribution in [0.2, 0.25) is 0 Å². The van der Waals surface area contributed by atoms with Crippen molar-refractivity contribution in [2.75, 3.05) is 6.61 Å². The van der Waals surface area contributed by atoms with E-state index in [4.69, 9.17) is 4.74 Å². The predicted molar refractivity (Wildman–Crippen MR) is 69.3 cm³/mol. The maximum absolute atomic E-state index is 11.0. The van der Waals surface area contributed by atoms with Crippen LogP contribution in [0.3, 0.4) is 0 Å². The van der Waals surface area contributed by atoms with Gasteiger partial charge in [0.2, 0.25) is 0 Å². The van der Waals surface area contributed by atoms with Crippen LogP contribution in [0.5, 0.6) is 0 Å². The third-order valence-corrected chi connectivity index (χ3v) is 1.23. The molecule has 14 heavy (non-hydrogen) atoms. The first-order valence-electron chi connectivity index (χ1n) is 4.01. The summed E-state index contributed by atoms with van der Waals surface area (Å²) in [6.45, 7) is 2.20. The third-order valence-electron chi connectivity index (χ3n) is 1.23. The topological polar surface area (TPSA) is 26.3 Å². The average Bonchev–Trinajstić information content (AvgIpc) is 2.21. The first-order valence-corrected chi connectivity index (χ1v) is 22.1. The summed E-state index contributed by atoms with van der Waals surface area (Å²) in [7, 11) is 0.0650. The van der Waals surface area contributed by atoms with Gasteiger partial charge in [-0.3, -0.25) is 0 Å².